The highest BCUT2D eigenvalue weighted by Gasteiger charge is 2.22. The fourth-order valence-corrected chi connectivity index (χ4v) is 3.28. The molecule has 0 saturated heterocycles. The third kappa shape index (κ3) is 3.62. The van der Waals surface area contributed by atoms with Crippen LogP contribution in [0.3, 0.4) is 0 Å². The number of rotatable bonds is 5. The SMILES string of the molecule is CC(C)Cn1ncc(NC(C)C2CCCC2)c(Br)c1=O. The smallest absolute Gasteiger partial charge is 0.283 e. The van der Waals surface area contributed by atoms with Crippen LogP contribution in [0.15, 0.2) is 15.5 Å². The van der Waals surface area contributed by atoms with E-state index >= 15 is 0 Å². The second kappa shape index (κ2) is 6.74. The maximum atomic E-state index is 12.2. The van der Waals surface area contributed by atoms with Gasteiger partial charge in [-0.05, 0) is 47.5 Å². The Morgan fingerprint density at radius 2 is 2.05 bits per heavy atom. The first kappa shape index (κ1) is 15.5. The molecule has 1 aliphatic rings. The van der Waals surface area contributed by atoms with Crippen molar-refractivity contribution in [3.63, 3.8) is 0 Å². The van der Waals surface area contributed by atoms with Gasteiger partial charge in [-0.25, -0.2) is 4.68 Å². The van der Waals surface area contributed by atoms with Crippen LogP contribution in [0, 0.1) is 11.8 Å². The van der Waals surface area contributed by atoms with E-state index in [-0.39, 0.29) is 5.56 Å². The van der Waals surface area contributed by atoms with Gasteiger partial charge in [-0.3, -0.25) is 4.79 Å². The van der Waals surface area contributed by atoms with Crippen LogP contribution in [-0.4, -0.2) is 15.8 Å². The third-order valence-electron chi connectivity index (χ3n) is 4.01. The van der Waals surface area contributed by atoms with Gasteiger partial charge in [0.1, 0.15) is 4.47 Å². The largest absolute Gasteiger partial charge is 0.380 e. The second-order valence-electron chi connectivity index (χ2n) is 6.23. The van der Waals surface area contributed by atoms with E-state index in [1.807, 2.05) is 0 Å². The molecule has 1 aliphatic carbocycles. The van der Waals surface area contributed by atoms with Gasteiger partial charge >= 0.3 is 0 Å². The minimum Gasteiger partial charge on any atom is -0.380 e. The number of hydrogen-bond donors (Lipinski definition) is 1. The van der Waals surface area contributed by atoms with E-state index in [0.29, 0.717) is 28.9 Å². The van der Waals surface area contributed by atoms with Gasteiger partial charge in [-0.2, -0.15) is 5.10 Å². The third-order valence-corrected chi connectivity index (χ3v) is 4.78. The van der Waals surface area contributed by atoms with Gasteiger partial charge in [-0.15, -0.1) is 0 Å². The van der Waals surface area contributed by atoms with E-state index in [1.165, 1.54) is 30.4 Å². The van der Waals surface area contributed by atoms with Crippen molar-refractivity contribution < 1.29 is 0 Å². The molecule has 2 rings (SSSR count). The zero-order valence-corrected chi connectivity index (χ0v) is 14.1. The number of halogens is 1. The molecule has 1 fully saturated rings. The normalized spacial score (nSPS) is 17.6. The summed E-state index contributed by atoms with van der Waals surface area (Å²) in [5.74, 6) is 1.11. The van der Waals surface area contributed by atoms with Crippen molar-refractivity contribution in [1.29, 1.82) is 0 Å². The number of nitrogens with one attached hydrogen (secondary N) is 1. The van der Waals surface area contributed by atoms with E-state index in [4.69, 9.17) is 0 Å². The monoisotopic (exact) mass is 341 g/mol. The Hall–Kier alpha value is -0.840. The Morgan fingerprint density at radius 1 is 1.40 bits per heavy atom. The van der Waals surface area contributed by atoms with Crippen LogP contribution in [0.4, 0.5) is 5.69 Å². The Labute approximate surface area is 129 Å². The molecule has 1 aromatic heterocycles. The summed E-state index contributed by atoms with van der Waals surface area (Å²) >= 11 is 3.42. The van der Waals surface area contributed by atoms with Crippen molar-refractivity contribution in [1.82, 2.24) is 9.78 Å². The zero-order chi connectivity index (χ0) is 14.7. The highest BCUT2D eigenvalue weighted by Crippen LogP contribution is 2.30. The van der Waals surface area contributed by atoms with Crippen molar-refractivity contribution in [3.05, 3.63) is 21.0 Å². The van der Waals surface area contributed by atoms with Gasteiger partial charge in [-0.1, -0.05) is 26.7 Å². The first-order valence-electron chi connectivity index (χ1n) is 7.51. The molecule has 112 valence electrons. The summed E-state index contributed by atoms with van der Waals surface area (Å²) in [6.45, 7) is 7.00. The summed E-state index contributed by atoms with van der Waals surface area (Å²) in [5.41, 5.74) is 0.761. The second-order valence-corrected chi connectivity index (χ2v) is 7.02. The maximum Gasteiger partial charge on any atom is 0.283 e. The van der Waals surface area contributed by atoms with E-state index in [0.717, 1.165) is 5.69 Å². The van der Waals surface area contributed by atoms with Gasteiger partial charge < -0.3 is 5.32 Å². The molecule has 0 aromatic carbocycles. The van der Waals surface area contributed by atoms with Gasteiger partial charge in [0.2, 0.25) is 0 Å². The first-order chi connectivity index (χ1) is 9.49. The number of nitrogens with zero attached hydrogens (tertiary/aromatic N) is 2. The van der Waals surface area contributed by atoms with Crippen LogP contribution in [0.5, 0.6) is 0 Å². The number of anilines is 1. The molecule has 4 nitrogen and oxygen atoms in total. The molecule has 5 heteroatoms. The molecule has 1 saturated carbocycles. The lowest BCUT2D eigenvalue weighted by Crippen LogP contribution is -2.29. The summed E-state index contributed by atoms with van der Waals surface area (Å²) in [6.07, 6.45) is 6.98. The van der Waals surface area contributed by atoms with Crippen LogP contribution in [0.1, 0.15) is 46.5 Å². The van der Waals surface area contributed by atoms with Crippen LogP contribution in [0.25, 0.3) is 0 Å². The summed E-state index contributed by atoms with van der Waals surface area (Å²) in [6, 6.07) is 0.385. The Morgan fingerprint density at radius 3 is 2.65 bits per heavy atom. The van der Waals surface area contributed by atoms with Gasteiger partial charge in [0, 0.05) is 12.6 Å². The van der Waals surface area contributed by atoms with Crippen LogP contribution in [0.2, 0.25) is 0 Å². The molecule has 0 spiro atoms. The van der Waals surface area contributed by atoms with E-state index in [1.54, 1.807) is 6.20 Å². The van der Waals surface area contributed by atoms with Crippen molar-refractivity contribution in [2.45, 2.75) is 59.0 Å². The molecule has 1 N–H and O–H groups in total. The zero-order valence-electron chi connectivity index (χ0n) is 12.5. The number of aromatic nitrogens is 2. The predicted molar refractivity (Wildman–Crippen MR) is 86.1 cm³/mol. The predicted octanol–water partition coefficient (Wildman–Crippen LogP) is 3.65. The molecule has 0 bridgehead atoms. The fraction of sp³-hybridized carbons (Fsp3) is 0.733. The van der Waals surface area contributed by atoms with Crippen LogP contribution >= 0.6 is 15.9 Å². The molecule has 1 aromatic rings. The lowest BCUT2D eigenvalue weighted by Gasteiger charge is -2.22. The van der Waals surface area contributed by atoms with E-state index in [9.17, 15) is 4.79 Å². The Balaban J connectivity index is 2.12. The van der Waals surface area contributed by atoms with Crippen molar-refractivity contribution in [2.24, 2.45) is 11.8 Å². The molecule has 20 heavy (non-hydrogen) atoms. The summed E-state index contributed by atoms with van der Waals surface area (Å²) < 4.78 is 2.12. The molecule has 0 amide bonds. The van der Waals surface area contributed by atoms with E-state index < -0.39 is 0 Å². The molecular weight excluding hydrogens is 318 g/mol. The highest BCUT2D eigenvalue weighted by molar-refractivity contribution is 9.10. The molecule has 1 atom stereocenters. The minimum atomic E-state index is -0.0534. The van der Waals surface area contributed by atoms with Crippen molar-refractivity contribution in [2.75, 3.05) is 5.32 Å². The fourth-order valence-electron chi connectivity index (χ4n) is 2.86. The molecule has 1 heterocycles. The molecule has 1 unspecified atom stereocenters. The minimum absolute atomic E-state index is 0.0534. The van der Waals surface area contributed by atoms with Gasteiger partial charge in [0.05, 0.1) is 11.9 Å². The van der Waals surface area contributed by atoms with Crippen LogP contribution in [-0.2, 0) is 6.54 Å². The first-order valence-corrected chi connectivity index (χ1v) is 8.30. The lowest BCUT2D eigenvalue weighted by atomic mass is 10.00. The summed E-state index contributed by atoms with van der Waals surface area (Å²) in [5, 5.41) is 7.72. The Kier molecular flexibility index (Phi) is 5.24. The number of hydrogen-bond acceptors (Lipinski definition) is 3. The maximum absolute atomic E-state index is 12.2. The van der Waals surface area contributed by atoms with Crippen molar-refractivity contribution >= 4 is 21.6 Å². The van der Waals surface area contributed by atoms with Crippen LogP contribution < -0.4 is 10.9 Å². The van der Waals surface area contributed by atoms with Gasteiger partial charge in [0.15, 0.2) is 0 Å². The average Bonchev–Trinajstić information content (AvgIpc) is 2.92. The quantitative estimate of drug-likeness (QED) is 0.888. The summed E-state index contributed by atoms with van der Waals surface area (Å²) in [7, 11) is 0. The topological polar surface area (TPSA) is 46.9 Å². The molecule has 0 aliphatic heterocycles. The average molecular weight is 342 g/mol. The summed E-state index contributed by atoms with van der Waals surface area (Å²) in [4.78, 5) is 12.2. The molecule has 0 radical (unpaired) electrons. The Bertz CT molecular complexity index is 506. The highest BCUT2D eigenvalue weighted by atomic mass is 79.9. The van der Waals surface area contributed by atoms with Gasteiger partial charge in [0.25, 0.3) is 5.56 Å². The standard InChI is InChI=1S/C15H24BrN3O/c1-10(2)9-19-15(20)14(16)13(8-17-19)18-11(3)12-6-4-5-7-12/h8,10-12,18H,4-7,9H2,1-3H3. The lowest BCUT2D eigenvalue weighted by molar-refractivity contribution is 0.460. The molecular formula is C15H24BrN3O. The van der Waals surface area contributed by atoms with E-state index in [2.05, 4.69) is 47.1 Å². The van der Waals surface area contributed by atoms with Crippen molar-refractivity contribution in [3.8, 4) is 0 Å².